The Morgan fingerprint density at radius 1 is 1.29 bits per heavy atom. The Hall–Kier alpha value is -0.280. The molecule has 4 heteroatoms. The normalized spacial score (nSPS) is 18.2. The lowest BCUT2D eigenvalue weighted by Crippen LogP contribution is -2.54. The molecule has 1 heterocycles. The van der Waals surface area contributed by atoms with Crippen LogP contribution in [-0.2, 0) is 6.54 Å². The minimum Gasteiger partial charge on any atom is -0.325 e. The lowest BCUT2D eigenvalue weighted by atomic mass is 10.1. The van der Waals surface area contributed by atoms with Crippen molar-refractivity contribution in [1.29, 1.82) is 0 Å². The van der Waals surface area contributed by atoms with E-state index in [1.54, 1.807) is 0 Å². The van der Waals surface area contributed by atoms with Gasteiger partial charge in [0.15, 0.2) is 0 Å². The highest BCUT2D eigenvalue weighted by Gasteiger charge is 2.22. The summed E-state index contributed by atoms with van der Waals surface area (Å²) >= 11 is 11.7. The predicted molar refractivity (Wildman–Crippen MR) is 59.7 cm³/mol. The summed E-state index contributed by atoms with van der Waals surface area (Å²) in [5.41, 5.74) is 6.87. The van der Waals surface area contributed by atoms with Gasteiger partial charge in [-0.3, -0.25) is 4.90 Å². The van der Waals surface area contributed by atoms with Crippen molar-refractivity contribution >= 4 is 23.2 Å². The molecule has 2 nitrogen and oxygen atoms in total. The van der Waals surface area contributed by atoms with E-state index in [-0.39, 0.29) is 0 Å². The molecule has 0 spiro atoms. The van der Waals surface area contributed by atoms with Crippen LogP contribution in [0.25, 0.3) is 0 Å². The predicted octanol–water partition coefficient (Wildman–Crippen LogP) is 2.14. The topological polar surface area (TPSA) is 29.3 Å². The number of hydrogen-bond donors (Lipinski definition) is 1. The van der Waals surface area contributed by atoms with Crippen molar-refractivity contribution in [3.05, 3.63) is 33.8 Å². The molecule has 0 amide bonds. The number of halogens is 2. The van der Waals surface area contributed by atoms with E-state index in [4.69, 9.17) is 28.9 Å². The highest BCUT2D eigenvalue weighted by Crippen LogP contribution is 2.23. The molecule has 0 saturated carbocycles. The van der Waals surface area contributed by atoms with Gasteiger partial charge in [0, 0.05) is 25.7 Å². The monoisotopic (exact) mass is 230 g/mol. The highest BCUT2D eigenvalue weighted by molar-refractivity contribution is 6.42. The Morgan fingerprint density at radius 2 is 2.00 bits per heavy atom. The molecule has 76 valence electrons. The van der Waals surface area contributed by atoms with Crippen molar-refractivity contribution in [1.82, 2.24) is 4.90 Å². The quantitative estimate of drug-likeness (QED) is 0.844. The van der Waals surface area contributed by atoms with Gasteiger partial charge in [-0.05, 0) is 17.7 Å². The highest BCUT2D eigenvalue weighted by atomic mass is 35.5. The van der Waals surface area contributed by atoms with Crippen LogP contribution in [0.4, 0.5) is 0 Å². The van der Waals surface area contributed by atoms with Crippen LogP contribution in [0, 0.1) is 0 Å². The van der Waals surface area contributed by atoms with Crippen LogP contribution in [0.15, 0.2) is 18.2 Å². The largest absolute Gasteiger partial charge is 0.325 e. The lowest BCUT2D eigenvalue weighted by Gasteiger charge is -2.36. The molecule has 0 aliphatic carbocycles. The SMILES string of the molecule is NC1CN(Cc2ccc(Cl)c(Cl)c2)C1. The van der Waals surface area contributed by atoms with Gasteiger partial charge >= 0.3 is 0 Å². The smallest absolute Gasteiger partial charge is 0.0595 e. The Labute approximate surface area is 93.6 Å². The maximum Gasteiger partial charge on any atom is 0.0595 e. The first kappa shape index (κ1) is 10.2. The van der Waals surface area contributed by atoms with E-state index < -0.39 is 0 Å². The van der Waals surface area contributed by atoms with Crippen LogP contribution >= 0.6 is 23.2 Å². The number of likely N-dealkylation sites (tertiary alicyclic amines) is 1. The zero-order valence-corrected chi connectivity index (χ0v) is 9.22. The minimum atomic E-state index is 0.345. The van der Waals surface area contributed by atoms with Crippen molar-refractivity contribution < 1.29 is 0 Å². The van der Waals surface area contributed by atoms with Crippen LogP contribution in [0.3, 0.4) is 0 Å². The van der Waals surface area contributed by atoms with Gasteiger partial charge < -0.3 is 5.73 Å². The van der Waals surface area contributed by atoms with E-state index >= 15 is 0 Å². The molecule has 0 atom stereocenters. The molecule has 14 heavy (non-hydrogen) atoms. The third-order valence-corrected chi connectivity index (χ3v) is 3.11. The molecule has 0 unspecified atom stereocenters. The van der Waals surface area contributed by atoms with Crippen LogP contribution < -0.4 is 5.73 Å². The van der Waals surface area contributed by atoms with Gasteiger partial charge in [-0.2, -0.15) is 0 Å². The molecule has 2 N–H and O–H groups in total. The molecule has 1 aromatic carbocycles. The fourth-order valence-corrected chi connectivity index (χ4v) is 1.96. The fraction of sp³-hybridized carbons (Fsp3) is 0.400. The molecule has 1 aliphatic rings. The third kappa shape index (κ3) is 2.20. The van der Waals surface area contributed by atoms with Gasteiger partial charge in [0.05, 0.1) is 10.0 Å². The molecule has 0 radical (unpaired) electrons. The molecule has 1 aromatic rings. The van der Waals surface area contributed by atoms with E-state index in [0.717, 1.165) is 19.6 Å². The van der Waals surface area contributed by atoms with E-state index in [1.165, 1.54) is 5.56 Å². The average molecular weight is 231 g/mol. The van der Waals surface area contributed by atoms with Gasteiger partial charge in [0.2, 0.25) is 0 Å². The zero-order valence-electron chi connectivity index (χ0n) is 7.71. The first-order valence-electron chi connectivity index (χ1n) is 4.57. The van der Waals surface area contributed by atoms with Crippen LogP contribution in [0.5, 0.6) is 0 Å². The van der Waals surface area contributed by atoms with Crippen molar-refractivity contribution in [2.75, 3.05) is 13.1 Å². The Kier molecular flexibility index (Phi) is 2.98. The fourth-order valence-electron chi connectivity index (χ4n) is 1.64. The van der Waals surface area contributed by atoms with Gasteiger partial charge in [-0.15, -0.1) is 0 Å². The Balaban J connectivity index is 2.00. The first-order chi connectivity index (χ1) is 6.65. The second-order valence-corrected chi connectivity index (χ2v) is 4.52. The van der Waals surface area contributed by atoms with E-state index in [9.17, 15) is 0 Å². The average Bonchev–Trinajstić information content (AvgIpc) is 2.09. The summed E-state index contributed by atoms with van der Waals surface area (Å²) in [6.07, 6.45) is 0. The Morgan fingerprint density at radius 3 is 2.57 bits per heavy atom. The lowest BCUT2D eigenvalue weighted by molar-refractivity contribution is 0.142. The summed E-state index contributed by atoms with van der Waals surface area (Å²) in [5.74, 6) is 0. The van der Waals surface area contributed by atoms with Crippen LogP contribution in [0.1, 0.15) is 5.56 Å². The summed E-state index contributed by atoms with van der Waals surface area (Å²) in [4.78, 5) is 2.28. The molecular formula is C10H12Cl2N2. The molecule has 2 rings (SSSR count). The number of hydrogen-bond acceptors (Lipinski definition) is 2. The first-order valence-corrected chi connectivity index (χ1v) is 5.32. The standard InChI is InChI=1S/C10H12Cl2N2/c11-9-2-1-7(3-10(9)12)4-14-5-8(13)6-14/h1-3,8H,4-6,13H2. The summed E-state index contributed by atoms with van der Waals surface area (Å²) < 4.78 is 0. The molecule has 0 aromatic heterocycles. The van der Waals surface area contributed by atoms with E-state index in [2.05, 4.69) is 4.90 Å². The maximum absolute atomic E-state index is 5.91. The molecule has 1 aliphatic heterocycles. The van der Waals surface area contributed by atoms with E-state index in [1.807, 2.05) is 18.2 Å². The minimum absolute atomic E-state index is 0.345. The summed E-state index contributed by atoms with van der Waals surface area (Å²) in [6.45, 7) is 2.85. The summed E-state index contributed by atoms with van der Waals surface area (Å²) in [6, 6.07) is 6.09. The summed E-state index contributed by atoms with van der Waals surface area (Å²) in [7, 11) is 0. The van der Waals surface area contributed by atoms with Gasteiger partial charge in [0.25, 0.3) is 0 Å². The molecular weight excluding hydrogens is 219 g/mol. The van der Waals surface area contributed by atoms with Crippen LogP contribution in [0.2, 0.25) is 10.0 Å². The molecule has 0 bridgehead atoms. The molecule has 1 fully saturated rings. The van der Waals surface area contributed by atoms with Crippen molar-refractivity contribution in [3.8, 4) is 0 Å². The number of nitrogens with two attached hydrogens (primary N) is 1. The maximum atomic E-state index is 5.91. The number of nitrogens with zero attached hydrogens (tertiary/aromatic N) is 1. The van der Waals surface area contributed by atoms with Gasteiger partial charge in [-0.25, -0.2) is 0 Å². The van der Waals surface area contributed by atoms with Crippen molar-refractivity contribution in [2.24, 2.45) is 5.73 Å². The summed E-state index contributed by atoms with van der Waals surface area (Å²) in [5, 5.41) is 1.23. The van der Waals surface area contributed by atoms with Gasteiger partial charge in [-0.1, -0.05) is 29.3 Å². The van der Waals surface area contributed by atoms with E-state index in [0.29, 0.717) is 16.1 Å². The van der Waals surface area contributed by atoms with Gasteiger partial charge in [0.1, 0.15) is 0 Å². The second kappa shape index (κ2) is 4.07. The zero-order chi connectivity index (χ0) is 10.1. The van der Waals surface area contributed by atoms with Crippen LogP contribution in [-0.4, -0.2) is 24.0 Å². The van der Waals surface area contributed by atoms with Crippen molar-refractivity contribution in [2.45, 2.75) is 12.6 Å². The third-order valence-electron chi connectivity index (χ3n) is 2.38. The second-order valence-electron chi connectivity index (χ2n) is 3.70. The Bertz CT molecular complexity index is 335. The number of rotatable bonds is 2. The number of benzene rings is 1. The van der Waals surface area contributed by atoms with Crippen molar-refractivity contribution in [3.63, 3.8) is 0 Å². The molecule has 1 saturated heterocycles.